The van der Waals surface area contributed by atoms with Crippen molar-refractivity contribution in [3.63, 3.8) is 0 Å². The van der Waals surface area contributed by atoms with E-state index in [1.165, 1.54) is 5.56 Å². The van der Waals surface area contributed by atoms with E-state index in [2.05, 4.69) is 34.6 Å². The first-order valence-electron chi connectivity index (χ1n) is 12.1. The number of ether oxygens (including phenoxy) is 2. The Morgan fingerprint density at radius 2 is 1.89 bits per heavy atom. The molecule has 0 spiro atoms. The van der Waals surface area contributed by atoms with Crippen molar-refractivity contribution in [3.05, 3.63) is 94.7 Å². The number of esters is 1. The number of aryl methyl sites for hydroxylation is 1. The van der Waals surface area contributed by atoms with E-state index >= 15 is 0 Å². The van der Waals surface area contributed by atoms with E-state index < -0.39 is 5.97 Å². The summed E-state index contributed by atoms with van der Waals surface area (Å²) < 4.78 is 10.6. The van der Waals surface area contributed by atoms with E-state index in [-0.39, 0.29) is 12.1 Å². The lowest BCUT2D eigenvalue weighted by Gasteiger charge is -2.36. The van der Waals surface area contributed by atoms with Gasteiger partial charge >= 0.3 is 12.0 Å². The molecule has 1 aliphatic heterocycles. The van der Waals surface area contributed by atoms with E-state index in [0.29, 0.717) is 30.8 Å². The average molecular weight is 484 g/mol. The molecule has 0 fully saturated rings. The maximum atomic E-state index is 13.6. The van der Waals surface area contributed by atoms with Gasteiger partial charge in [0, 0.05) is 28.8 Å². The number of fused-ring (bicyclic) bond motifs is 3. The SMILES string of the molecule is CCOC(=O)c1cccc(NC(=O)N2CCc3c([nH]c4ccc(OC)cc34)[C@@H]2c2ccc(C)cc2)c1. The van der Waals surface area contributed by atoms with Gasteiger partial charge in [0.05, 0.1) is 25.3 Å². The highest BCUT2D eigenvalue weighted by atomic mass is 16.5. The number of aromatic nitrogens is 1. The molecule has 1 atom stereocenters. The van der Waals surface area contributed by atoms with Gasteiger partial charge in [-0.05, 0) is 67.8 Å². The number of carbonyl (C=O) groups is 2. The number of hydrogen-bond donors (Lipinski definition) is 2. The highest BCUT2D eigenvalue weighted by Gasteiger charge is 2.34. The number of carbonyl (C=O) groups excluding carboxylic acids is 2. The van der Waals surface area contributed by atoms with Crippen LogP contribution in [0.2, 0.25) is 0 Å². The van der Waals surface area contributed by atoms with Crippen molar-refractivity contribution in [3.8, 4) is 5.75 Å². The minimum absolute atomic E-state index is 0.233. The van der Waals surface area contributed by atoms with Gasteiger partial charge in [0.15, 0.2) is 0 Å². The Kier molecular flexibility index (Phi) is 6.38. The number of methoxy groups -OCH3 is 1. The lowest BCUT2D eigenvalue weighted by molar-refractivity contribution is 0.0526. The molecule has 7 nitrogen and oxygen atoms in total. The standard InChI is InChI=1S/C29H29N3O4/c1-4-36-28(33)20-6-5-7-21(16-20)30-29(34)32-15-14-23-24-17-22(35-3)12-13-25(24)31-26(23)27(32)19-10-8-18(2)9-11-19/h5-13,16-17,27,31H,4,14-15H2,1-3H3,(H,30,34)/t27-/m0/s1. The van der Waals surface area contributed by atoms with Crippen LogP contribution < -0.4 is 10.1 Å². The fraction of sp³-hybridized carbons (Fsp3) is 0.241. The van der Waals surface area contributed by atoms with E-state index in [9.17, 15) is 9.59 Å². The second-order valence-electron chi connectivity index (χ2n) is 8.92. The van der Waals surface area contributed by atoms with Gasteiger partial charge in [-0.15, -0.1) is 0 Å². The fourth-order valence-corrected chi connectivity index (χ4v) is 4.84. The van der Waals surface area contributed by atoms with E-state index in [0.717, 1.165) is 33.5 Å². The highest BCUT2D eigenvalue weighted by molar-refractivity contribution is 5.95. The van der Waals surface area contributed by atoms with Crippen molar-refractivity contribution in [2.24, 2.45) is 0 Å². The molecule has 0 bridgehead atoms. The molecule has 0 radical (unpaired) electrons. The average Bonchev–Trinajstić information content (AvgIpc) is 3.27. The first-order valence-corrected chi connectivity index (χ1v) is 12.1. The molecule has 2 amide bonds. The van der Waals surface area contributed by atoms with Crippen LogP contribution in [0.5, 0.6) is 5.75 Å². The summed E-state index contributed by atoms with van der Waals surface area (Å²) in [7, 11) is 1.67. The van der Waals surface area contributed by atoms with Crippen LogP contribution >= 0.6 is 0 Å². The third kappa shape index (κ3) is 4.40. The Bertz CT molecular complexity index is 1420. The third-order valence-corrected chi connectivity index (χ3v) is 6.61. The molecule has 1 aromatic heterocycles. The summed E-state index contributed by atoms with van der Waals surface area (Å²) in [6.45, 7) is 4.64. The quantitative estimate of drug-likeness (QED) is 0.349. The fourth-order valence-electron chi connectivity index (χ4n) is 4.84. The first kappa shape index (κ1) is 23.5. The highest BCUT2D eigenvalue weighted by Crippen LogP contribution is 2.39. The zero-order valence-corrected chi connectivity index (χ0v) is 20.6. The Balaban J connectivity index is 1.51. The van der Waals surface area contributed by atoms with Crippen LogP contribution in [0.3, 0.4) is 0 Å². The minimum atomic E-state index is -0.415. The number of urea groups is 1. The van der Waals surface area contributed by atoms with Gasteiger partial charge in [0.2, 0.25) is 0 Å². The minimum Gasteiger partial charge on any atom is -0.497 e. The van der Waals surface area contributed by atoms with Crippen LogP contribution in [0.25, 0.3) is 10.9 Å². The molecular weight excluding hydrogens is 454 g/mol. The lowest BCUT2D eigenvalue weighted by Crippen LogP contribution is -2.43. The van der Waals surface area contributed by atoms with Crippen LogP contribution in [0.1, 0.15) is 45.7 Å². The normalized spacial score (nSPS) is 14.9. The Labute approximate surface area is 210 Å². The topological polar surface area (TPSA) is 83.7 Å². The van der Waals surface area contributed by atoms with Crippen molar-refractivity contribution in [2.45, 2.75) is 26.3 Å². The van der Waals surface area contributed by atoms with Crippen LogP contribution in [0, 0.1) is 6.92 Å². The Hall–Kier alpha value is -4.26. The van der Waals surface area contributed by atoms with Gasteiger partial charge in [-0.1, -0.05) is 35.9 Å². The number of aromatic amines is 1. The van der Waals surface area contributed by atoms with Crippen molar-refractivity contribution in [2.75, 3.05) is 25.6 Å². The van der Waals surface area contributed by atoms with E-state index in [4.69, 9.17) is 9.47 Å². The number of rotatable bonds is 5. The number of benzene rings is 3. The maximum absolute atomic E-state index is 13.6. The summed E-state index contributed by atoms with van der Waals surface area (Å²) in [6, 6.07) is 20.6. The molecule has 2 heterocycles. The summed E-state index contributed by atoms with van der Waals surface area (Å²) in [5, 5.41) is 4.10. The molecule has 2 N–H and O–H groups in total. The van der Waals surface area contributed by atoms with Crippen molar-refractivity contribution < 1.29 is 19.1 Å². The van der Waals surface area contributed by atoms with Gasteiger partial charge < -0.3 is 24.7 Å². The predicted octanol–water partition coefficient (Wildman–Crippen LogP) is 5.84. The summed E-state index contributed by atoms with van der Waals surface area (Å²) >= 11 is 0. The number of anilines is 1. The smallest absolute Gasteiger partial charge is 0.338 e. The molecular formula is C29H29N3O4. The predicted molar refractivity (Wildman–Crippen MR) is 140 cm³/mol. The summed E-state index contributed by atoms with van der Waals surface area (Å²) in [5.74, 6) is 0.389. The van der Waals surface area contributed by atoms with Crippen LogP contribution in [-0.4, -0.2) is 42.1 Å². The molecule has 0 aliphatic carbocycles. The van der Waals surface area contributed by atoms with Gasteiger partial charge in [-0.2, -0.15) is 0 Å². The van der Waals surface area contributed by atoms with Gasteiger partial charge in [0.25, 0.3) is 0 Å². The van der Waals surface area contributed by atoms with Gasteiger partial charge in [-0.25, -0.2) is 9.59 Å². The molecule has 0 saturated heterocycles. The molecule has 7 heteroatoms. The molecule has 3 aromatic carbocycles. The van der Waals surface area contributed by atoms with Gasteiger partial charge in [-0.3, -0.25) is 0 Å². The van der Waals surface area contributed by atoms with Crippen molar-refractivity contribution >= 4 is 28.6 Å². The Morgan fingerprint density at radius 1 is 1.08 bits per heavy atom. The van der Waals surface area contributed by atoms with E-state index in [1.807, 2.05) is 30.0 Å². The molecule has 5 rings (SSSR count). The summed E-state index contributed by atoms with van der Waals surface area (Å²) in [5.41, 5.74) is 6.34. The first-order chi connectivity index (χ1) is 17.5. The molecule has 4 aromatic rings. The number of hydrogen-bond acceptors (Lipinski definition) is 4. The molecule has 184 valence electrons. The van der Waals surface area contributed by atoms with Crippen LogP contribution in [0.4, 0.5) is 10.5 Å². The van der Waals surface area contributed by atoms with Crippen molar-refractivity contribution in [1.29, 1.82) is 0 Å². The lowest BCUT2D eigenvalue weighted by atomic mass is 9.92. The number of amides is 2. The third-order valence-electron chi connectivity index (χ3n) is 6.61. The van der Waals surface area contributed by atoms with E-state index in [1.54, 1.807) is 38.3 Å². The van der Waals surface area contributed by atoms with Crippen LogP contribution in [-0.2, 0) is 11.2 Å². The number of nitrogens with one attached hydrogen (secondary N) is 2. The van der Waals surface area contributed by atoms with Crippen LogP contribution in [0.15, 0.2) is 66.7 Å². The zero-order chi connectivity index (χ0) is 25.2. The van der Waals surface area contributed by atoms with Gasteiger partial charge in [0.1, 0.15) is 5.75 Å². The Morgan fingerprint density at radius 3 is 2.64 bits per heavy atom. The monoisotopic (exact) mass is 483 g/mol. The number of H-pyrrole nitrogens is 1. The molecule has 0 saturated carbocycles. The molecule has 1 aliphatic rings. The second kappa shape index (κ2) is 9.77. The second-order valence-corrected chi connectivity index (χ2v) is 8.92. The largest absolute Gasteiger partial charge is 0.497 e. The maximum Gasteiger partial charge on any atom is 0.338 e. The zero-order valence-electron chi connectivity index (χ0n) is 20.6. The number of nitrogens with zero attached hydrogens (tertiary/aromatic N) is 1. The summed E-state index contributed by atoms with van der Waals surface area (Å²) in [4.78, 5) is 31.2. The molecule has 0 unspecified atom stereocenters. The van der Waals surface area contributed by atoms with Crippen molar-refractivity contribution in [1.82, 2.24) is 9.88 Å². The summed E-state index contributed by atoms with van der Waals surface area (Å²) in [6.07, 6.45) is 0.709. The molecule has 36 heavy (non-hydrogen) atoms.